The molecule has 0 radical (unpaired) electrons. The van der Waals surface area contributed by atoms with Crippen molar-refractivity contribution in [3.63, 3.8) is 0 Å². The first-order chi connectivity index (χ1) is 22.4. The summed E-state index contributed by atoms with van der Waals surface area (Å²) in [4.78, 5) is 2.59. The van der Waals surface area contributed by atoms with Gasteiger partial charge in [0.1, 0.15) is 0 Å². The zero-order chi connectivity index (χ0) is 29.8. The third-order valence-corrected chi connectivity index (χ3v) is 15.9. The van der Waals surface area contributed by atoms with Gasteiger partial charge in [0.15, 0.2) is 8.07 Å². The minimum Gasteiger partial charge on any atom is -0.311 e. The highest BCUT2D eigenvalue weighted by atomic mass is 28.3. The van der Waals surface area contributed by atoms with Gasteiger partial charge in [-0.15, -0.1) is 0 Å². The van der Waals surface area contributed by atoms with Crippen LogP contribution < -0.4 is 25.8 Å². The number of fused-ring (bicyclic) bond motifs is 4. The van der Waals surface area contributed by atoms with Gasteiger partial charge >= 0.3 is 0 Å². The quantitative estimate of drug-likeness (QED) is 0.193. The second-order valence-corrected chi connectivity index (χ2v) is 16.7. The van der Waals surface area contributed by atoms with Crippen molar-refractivity contribution in [1.29, 1.82) is 0 Å². The summed E-state index contributed by atoms with van der Waals surface area (Å²) in [6.07, 6.45) is 24.6. The van der Waals surface area contributed by atoms with Crippen molar-refractivity contribution in [2.75, 3.05) is 4.90 Å². The van der Waals surface area contributed by atoms with Gasteiger partial charge in [-0.05, 0) is 95.7 Å². The Kier molecular flexibility index (Phi) is 6.27. The number of hydrogen-bond acceptors (Lipinski definition) is 1. The van der Waals surface area contributed by atoms with E-state index in [1.54, 1.807) is 10.4 Å². The second kappa shape index (κ2) is 10.6. The summed E-state index contributed by atoms with van der Waals surface area (Å²) < 4.78 is 2.45. The van der Waals surface area contributed by atoms with Gasteiger partial charge in [-0.1, -0.05) is 109 Å². The first kappa shape index (κ1) is 26.5. The summed E-state index contributed by atoms with van der Waals surface area (Å²) in [5.74, 6) is 0. The maximum atomic E-state index is 2.59. The molecule has 0 amide bonds. The van der Waals surface area contributed by atoms with Crippen molar-refractivity contribution in [3.05, 3.63) is 161 Å². The van der Waals surface area contributed by atoms with Gasteiger partial charge in [0.2, 0.25) is 0 Å². The number of hydrogen-bond donors (Lipinski definition) is 0. The molecule has 1 aliphatic heterocycles. The molecule has 3 aliphatic carbocycles. The lowest BCUT2D eigenvalue weighted by molar-refractivity contribution is 0.924. The summed E-state index contributed by atoms with van der Waals surface area (Å²) in [5, 5.41) is 8.76. The molecule has 5 aromatic rings. The Labute approximate surface area is 266 Å². The lowest BCUT2D eigenvalue weighted by Crippen LogP contribution is -2.66. The van der Waals surface area contributed by atoms with Crippen molar-refractivity contribution in [3.8, 4) is 5.69 Å². The van der Waals surface area contributed by atoms with Crippen LogP contribution in [0.1, 0.15) is 32.1 Å². The number of allylic oxidation sites excluding steroid dienone is 7. The Hall–Kier alpha value is -4.86. The normalized spacial score (nSPS) is 21.6. The number of anilines is 2. The summed E-state index contributed by atoms with van der Waals surface area (Å²) in [5.41, 5.74) is 6.95. The van der Waals surface area contributed by atoms with Crippen LogP contribution in [-0.4, -0.2) is 12.6 Å². The zero-order valence-electron chi connectivity index (χ0n) is 25.4. The van der Waals surface area contributed by atoms with Crippen LogP contribution in [-0.2, 0) is 0 Å². The van der Waals surface area contributed by atoms with Crippen LogP contribution in [0.25, 0.3) is 28.7 Å². The fraction of sp³-hybridized carbons (Fsp3) is 0.143. The Morgan fingerprint density at radius 3 is 2.33 bits per heavy atom. The molecule has 0 fully saturated rings. The van der Waals surface area contributed by atoms with E-state index in [-0.39, 0.29) is 0 Å². The Bertz CT molecular complexity index is 2200. The molecule has 4 aliphatic rings. The Morgan fingerprint density at radius 1 is 0.689 bits per heavy atom. The number of para-hydroxylation sites is 2. The summed E-state index contributed by atoms with van der Waals surface area (Å²) in [6, 6.07) is 38.9. The third-order valence-electron chi connectivity index (χ3n) is 10.4. The second-order valence-electron chi connectivity index (χ2n) is 12.6. The third kappa shape index (κ3) is 3.93. The molecule has 2 nitrogen and oxygen atoms in total. The molecule has 2 heterocycles. The number of benzene rings is 4. The first-order valence-electron chi connectivity index (χ1n) is 16.4. The predicted molar refractivity (Wildman–Crippen MR) is 193 cm³/mol. The van der Waals surface area contributed by atoms with Crippen LogP contribution >= 0.6 is 0 Å². The minimum absolute atomic E-state index is 0.476. The molecule has 2 atom stereocenters. The van der Waals surface area contributed by atoms with Gasteiger partial charge in [-0.25, -0.2) is 0 Å². The molecular weight excluding hydrogens is 561 g/mol. The fourth-order valence-electron chi connectivity index (χ4n) is 8.58. The lowest BCUT2D eigenvalue weighted by atomic mass is 10.1. The van der Waals surface area contributed by atoms with Gasteiger partial charge < -0.3 is 9.47 Å². The molecule has 2 unspecified atom stereocenters. The number of rotatable bonds is 4. The van der Waals surface area contributed by atoms with E-state index in [0.29, 0.717) is 5.54 Å². The van der Waals surface area contributed by atoms with E-state index in [1.165, 1.54) is 49.4 Å². The highest BCUT2D eigenvalue weighted by Gasteiger charge is 2.52. The SMILES string of the molecule is C1=CCC([Si]2(c3ccccc3)C3=C(C=CCC3)N(c3ccc4c(c3)c3c(n4-c4ccccc4)=CCCC=3)c3ccccc32)C=C1. The summed E-state index contributed by atoms with van der Waals surface area (Å²) in [7, 11) is -2.40. The van der Waals surface area contributed by atoms with Crippen molar-refractivity contribution in [2.24, 2.45) is 0 Å². The van der Waals surface area contributed by atoms with Crippen molar-refractivity contribution < 1.29 is 0 Å². The van der Waals surface area contributed by atoms with Crippen LogP contribution in [0.15, 0.2) is 150 Å². The average molecular weight is 597 g/mol. The molecule has 3 heteroatoms. The van der Waals surface area contributed by atoms with Gasteiger partial charge in [-0.3, -0.25) is 0 Å². The maximum absolute atomic E-state index is 2.59. The largest absolute Gasteiger partial charge is 0.311 e. The Morgan fingerprint density at radius 2 is 1.49 bits per heavy atom. The molecule has 0 saturated heterocycles. The standard InChI is InChI=1S/C42H36N2Si/c1-4-16-31(17-5-1)43-37-23-11-10-22-35(37)36-30-32(28-29-38(36)43)44-39-24-12-14-26-41(39)45(33-18-6-2-7-19-33,34-20-8-3-9-21-34)42-27-15-13-25-40(42)44/h1-9,12-14,16-20,22-26,28-30,34H,10-11,15,21,27H2. The molecule has 0 saturated carbocycles. The van der Waals surface area contributed by atoms with Crippen LogP contribution in [0.2, 0.25) is 5.54 Å². The summed E-state index contributed by atoms with van der Waals surface area (Å²) >= 11 is 0. The van der Waals surface area contributed by atoms with Crippen LogP contribution in [0.3, 0.4) is 0 Å². The minimum atomic E-state index is -2.40. The molecule has 9 rings (SSSR count). The van der Waals surface area contributed by atoms with E-state index in [0.717, 1.165) is 32.1 Å². The molecule has 4 aromatic carbocycles. The molecular formula is C42H36N2Si. The molecule has 0 spiro atoms. The van der Waals surface area contributed by atoms with Gasteiger partial charge in [0.05, 0.1) is 5.52 Å². The highest BCUT2D eigenvalue weighted by molar-refractivity contribution is 7.09. The topological polar surface area (TPSA) is 8.17 Å². The van der Waals surface area contributed by atoms with E-state index >= 15 is 0 Å². The van der Waals surface area contributed by atoms with E-state index < -0.39 is 8.07 Å². The van der Waals surface area contributed by atoms with Crippen molar-refractivity contribution in [2.45, 2.75) is 37.6 Å². The van der Waals surface area contributed by atoms with Crippen LogP contribution in [0, 0.1) is 0 Å². The summed E-state index contributed by atoms with van der Waals surface area (Å²) in [6.45, 7) is 0. The van der Waals surface area contributed by atoms with Crippen LogP contribution in [0.4, 0.5) is 11.4 Å². The van der Waals surface area contributed by atoms with Crippen molar-refractivity contribution >= 4 is 52.9 Å². The van der Waals surface area contributed by atoms with Gasteiger partial charge in [0, 0.05) is 38.7 Å². The van der Waals surface area contributed by atoms with E-state index in [4.69, 9.17) is 0 Å². The maximum Gasteiger partial charge on any atom is 0.156 e. The van der Waals surface area contributed by atoms with Gasteiger partial charge in [-0.2, -0.15) is 0 Å². The monoisotopic (exact) mass is 596 g/mol. The van der Waals surface area contributed by atoms with Crippen LogP contribution in [0.5, 0.6) is 0 Å². The molecule has 0 bridgehead atoms. The lowest BCUT2D eigenvalue weighted by Gasteiger charge is -2.49. The fourth-order valence-corrected chi connectivity index (χ4v) is 14.5. The molecule has 218 valence electrons. The Balaban J connectivity index is 1.33. The average Bonchev–Trinajstić information content (AvgIpc) is 3.45. The first-order valence-corrected chi connectivity index (χ1v) is 18.5. The van der Waals surface area contributed by atoms with E-state index in [2.05, 4.69) is 161 Å². The molecule has 0 N–H and O–H groups in total. The van der Waals surface area contributed by atoms with Crippen molar-refractivity contribution in [1.82, 2.24) is 4.57 Å². The van der Waals surface area contributed by atoms with Gasteiger partial charge in [0.25, 0.3) is 0 Å². The number of nitrogens with zero attached hydrogens (tertiary/aromatic N) is 2. The predicted octanol–water partition coefficient (Wildman–Crippen LogP) is 7.73. The highest BCUT2D eigenvalue weighted by Crippen LogP contribution is 2.48. The van der Waals surface area contributed by atoms with E-state index in [9.17, 15) is 0 Å². The zero-order valence-corrected chi connectivity index (χ0v) is 26.4. The smallest absolute Gasteiger partial charge is 0.156 e. The van der Waals surface area contributed by atoms with E-state index in [1.807, 2.05) is 0 Å². The molecule has 45 heavy (non-hydrogen) atoms. The number of aromatic nitrogens is 1. The molecule has 1 aromatic heterocycles.